The molecule has 1 aliphatic carbocycles. The highest BCUT2D eigenvalue weighted by Gasteiger charge is 2.22. The van der Waals surface area contributed by atoms with E-state index in [1.54, 1.807) is 0 Å². The van der Waals surface area contributed by atoms with Crippen molar-refractivity contribution in [2.75, 3.05) is 20.3 Å². The van der Waals surface area contributed by atoms with E-state index in [0.717, 1.165) is 30.8 Å². The van der Waals surface area contributed by atoms with Crippen molar-refractivity contribution in [3.8, 4) is 0 Å². The molecule has 1 aliphatic heterocycles. The minimum atomic E-state index is -0.933. The maximum Gasteiger partial charge on any atom is 0.196 e. The number of hydrogen-bond donors (Lipinski definition) is 0. The maximum absolute atomic E-state index is 14.5. The van der Waals surface area contributed by atoms with E-state index in [9.17, 15) is 8.78 Å². The standard InChI is InChI=1S/C23H32F2O3/c1-5-7-17-8-11-20(27-14-17)15-28-19-12-9-18(10-13-19)21(6-2)23(25)22(24)16(3)26-4/h5,7,9,12,17,20H,6,8,10-11,13-15H2,1-4H3/b7-5+,22-16-,23-21-. The van der Waals surface area contributed by atoms with Crippen molar-refractivity contribution < 1.29 is 23.0 Å². The van der Waals surface area contributed by atoms with Gasteiger partial charge in [0.2, 0.25) is 0 Å². The zero-order valence-electron chi connectivity index (χ0n) is 17.4. The van der Waals surface area contributed by atoms with E-state index in [-0.39, 0.29) is 11.9 Å². The highest BCUT2D eigenvalue weighted by molar-refractivity contribution is 5.43. The van der Waals surface area contributed by atoms with Gasteiger partial charge in [0.1, 0.15) is 12.4 Å². The highest BCUT2D eigenvalue weighted by Crippen LogP contribution is 2.33. The van der Waals surface area contributed by atoms with Crippen LogP contribution in [0.3, 0.4) is 0 Å². The molecule has 28 heavy (non-hydrogen) atoms. The average molecular weight is 395 g/mol. The van der Waals surface area contributed by atoms with Gasteiger partial charge in [-0.05, 0) is 56.8 Å². The first-order valence-corrected chi connectivity index (χ1v) is 10.1. The molecule has 2 unspecified atom stereocenters. The molecule has 2 rings (SSSR count). The first-order chi connectivity index (χ1) is 13.5. The molecule has 1 saturated heterocycles. The van der Waals surface area contributed by atoms with Crippen LogP contribution in [0.15, 0.2) is 58.6 Å². The fraction of sp³-hybridized carbons (Fsp3) is 0.565. The van der Waals surface area contributed by atoms with E-state index in [4.69, 9.17) is 14.2 Å². The van der Waals surface area contributed by atoms with Crippen LogP contribution < -0.4 is 0 Å². The molecule has 0 bridgehead atoms. The summed E-state index contributed by atoms with van der Waals surface area (Å²) >= 11 is 0. The smallest absolute Gasteiger partial charge is 0.196 e. The van der Waals surface area contributed by atoms with Gasteiger partial charge in [-0.2, -0.15) is 0 Å². The summed E-state index contributed by atoms with van der Waals surface area (Å²) in [5.41, 5.74) is 1.18. The van der Waals surface area contributed by atoms with E-state index >= 15 is 0 Å². The molecule has 0 saturated carbocycles. The number of ether oxygens (including phenoxy) is 3. The Morgan fingerprint density at radius 3 is 2.54 bits per heavy atom. The van der Waals surface area contributed by atoms with Crippen LogP contribution in [0.2, 0.25) is 0 Å². The molecule has 0 aromatic rings. The fourth-order valence-corrected chi connectivity index (χ4v) is 3.47. The van der Waals surface area contributed by atoms with Crippen LogP contribution in [0.4, 0.5) is 8.78 Å². The van der Waals surface area contributed by atoms with Crippen molar-refractivity contribution in [2.45, 2.75) is 59.0 Å². The van der Waals surface area contributed by atoms with Crippen molar-refractivity contribution in [3.05, 3.63) is 58.6 Å². The van der Waals surface area contributed by atoms with Crippen LogP contribution in [-0.2, 0) is 14.2 Å². The fourth-order valence-electron chi connectivity index (χ4n) is 3.47. The Bertz CT molecular complexity index is 678. The van der Waals surface area contributed by atoms with E-state index < -0.39 is 11.7 Å². The molecule has 0 N–H and O–H groups in total. The third-order valence-corrected chi connectivity index (χ3v) is 5.25. The summed E-state index contributed by atoms with van der Waals surface area (Å²) in [7, 11) is 1.33. The number of methoxy groups -OCH3 is 1. The van der Waals surface area contributed by atoms with E-state index in [2.05, 4.69) is 12.2 Å². The van der Waals surface area contributed by atoms with Gasteiger partial charge in [0.15, 0.2) is 11.7 Å². The number of halogens is 2. The van der Waals surface area contributed by atoms with E-state index in [0.29, 0.717) is 37.4 Å². The normalized spacial score (nSPS) is 24.9. The second kappa shape index (κ2) is 11.2. The van der Waals surface area contributed by atoms with Crippen LogP contribution in [0.25, 0.3) is 0 Å². The Labute approximate surface area is 167 Å². The summed E-state index contributed by atoms with van der Waals surface area (Å²) in [6.45, 7) is 6.54. The molecule has 0 radical (unpaired) electrons. The van der Waals surface area contributed by atoms with Gasteiger partial charge in [0, 0.05) is 12.3 Å². The molecule has 3 nitrogen and oxygen atoms in total. The number of hydrogen-bond acceptors (Lipinski definition) is 3. The van der Waals surface area contributed by atoms with Crippen LogP contribution in [0, 0.1) is 5.92 Å². The summed E-state index contributed by atoms with van der Waals surface area (Å²) in [5.74, 6) is -0.452. The maximum atomic E-state index is 14.5. The molecule has 1 fully saturated rings. The van der Waals surface area contributed by atoms with Gasteiger partial charge in [-0.1, -0.05) is 25.2 Å². The minimum absolute atomic E-state index is 0.0522. The third kappa shape index (κ3) is 6.06. The number of allylic oxidation sites excluding steroid dienone is 9. The largest absolute Gasteiger partial charge is 0.498 e. The molecular formula is C23H32F2O3. The third-order valence-electron chi connectivity index (χ3n) is 5.25. The van der Waals surface area contributed by atoms with Crippen LogP contribution >= 0.6 is 0 Å². The Kier molecular flexibility index (Phi) is 8.97. The molecule has 5 heteroatoms. The summed E-state index contributed by atoms with van der Waals surface area (Å²) in [5, 5.41) is 0. The van der Waals surface area contributed by atoms with Gasteiger partial charge in [0.25, 0.3) is 0 Å². The Morgan fingerprint density at radius 2 is 2.00 bits per heavy atom. The van der Waals surface area contributed by atoms with Gasteiger partial charge in [-0.15, -0.1) is 0 Å². The second-order valence-electron chi connectivity index (χ2n) is 7.17. The van der Waals surface area contributed by atoms with Gasteiger partial charge in [0.05, 0.1) is 25.6 Å². The van der Waals surface area contributed by atoms with Gasteiger partial charge in [-0.3, -0.25) is 0 Å². The van der Waals surface area contributed by atoms with E-state index in [1.807, 2.05) is 26.0 Å². The summed E-state index contributed by atoms with van der Waals surface area (Å²) < 4.78 is 45.2. The summed E-state index contributed by atoms with van der Waals surface area (Å²) in [6, 6.07) is 0. The van der Waals surface area contributed by atoms with Crippen molar-refractivity contribution >= 4 is 0 Å². The zero-order chi connectivity index (χ0) is 20.5. The molecule has 2 aliphatic rings. The topological polar surface area (TPSA) is 27.7 Å². The lowest BCUT2D eigenvalue weighted by atomic mass is 9.93. The summed E-state index contributed by atoms with van der Waals surface area (Å²) in [4.78, 5) is 0. The Morgan fingerprint density at radius 1 is 1.21 bits per heavy atom. The molecule has 2 atom stereocenters. The van der Waals surface area contributed by atoms with E-state index in [1.165, 1.54) is 14.0 Å². The van der Waals surface area contributed by atoms with Gasteiger partial charge in [-0.25, -0.2) is 8.78 Å². The number of rotatable bonds is 8. The lowest BCUT2D eigenvalue weighted by molar-refractivity contribution is -0.0413. The minimum Gasteiger partial charge on any atom is -0.498 e. The van der Waals surface area contributed by atoms with Gasteiger partial charge >= 0.3 is 0 Å². The molecule has 156 valence electrons. The van der Waals surface area contributed by atoms with Crippen molar-refractivity contribution in [1.82, 2.24) is 0 Å². The molecular weight excluding hydrogens is 362 g/mol. The second-order valence-corrected chi connectivity index (χ2v) is 7.17. The molecule has 0 amide bonds. The van der Waals surface area contributed by atoms with Gasteiger partial charge < -0.3 is 14.2 Å². The average Bonchev–Trinajstić information content (AvgIpc) is 2.73. The first kappa shape index (κ1) is 22.4. The molecule has 0 aromatic carbocycles. The molecule has 1 heterocycles. The lowest BCUT2D eigenvalue weighted by Gasteiger charge is -2.28. The Hall–Kier alpha value is -1.88. The zero-order valence-corrected chi connectivity index (χ0v) is 17.4. The Balaban J connectivity index is 1.96. The van der Waals surface area contributed by atoms with Crippen LogP contribution in [0.1, 0.15) is 52.9 Å². The quantitative estimate of drug-likeness (QED) is 0.269. The van der Waals surface area contributed by atoms with Crippen molar-refractivity contribution in [3.63, 3.8) is 0 Å². The van der Waals surface area contributed by atoms with Crippen molar-refractivity contribution in [1.29, 1.82) is 0 Å². The van der Waals surface area contributed by atoms with Crippen LogP contribution in [-0.4, -0.2) is 26.4 Å². The highest BCUT2D eigenvalue weighted by atomic mass is 19.2. The van der Waals surface area contributed by atoms with Crippen molar-refractivity contribution in [2.24, 2.45) is 5.92 Å². The predicted molar refractivity (Wildman–Crippen MR) is 108 cm³/mol. The monoisotopic (exact) mass is 394 g/mol. The lowest BCUT2D eigenvalue weighted by Crippen LogP contribution is -2.28. The first-order valence-electron chi connectivity index (χ1n) is 10.1. The molecule has 0 spiro atoms. The predicted octanol–water partition coefficient (Wildman–Crippen LogP) is 6.46. The van der Waals surface area contributed by atoms with Crippen LogP contribution in [0.5, 0.6) is 0 Å². The molecule has 0 aromatic heterocycles. The summed E-state index contributed by atoms with van der Waals surface area (Å²) in [6.07, 6.45) is 11.9. The SMILES string of the molecule is C/C=C/C1CCC(COC2=CC=C(/C(CC)=C(F)/C(F)=C(\C)OC)CC2)OC1.